The summed E-state index contributed by atoms with van der Waals surface area (Å²) in [4.78, 5) is 14.3. The molecule has 2 heterocycles. The summed E-state index contributed by atoms with van der Waals surface area (Å²) in [6.07, 6.45) is 7.58. The first-order valence-electron chi connectivity index (χ1n) is 12.7. The lowest BCUT2D eigenvalue weighted by molar-refractivity contribution is -0.134. The highest BCUT2D eigenvalue weighted by Crippen LogP contribution is 2.47. The van der Waals surface area contributed by atoms with Gasteiger partial charge in [-0.05, 0) is 79.3 Å². The van der Waals surface area contributed by atoms with Crippen molar-refractivity contribution in [2.45, 2.75) is 50.3 Å². The van der Waals surface area contributed by atoms with Crippen molar-refractivity contribution in [1.29, 1.82) is 0 Å². The molecule has 0 saturated carbocycles. The van der Waals surface area contributed by atoms with E-state index in [-0.39, 0.29) is 18.9 Å². The van der Waals surface area contributed by atoms with Gasteiger partial charge in [-0.25, -0.2) is 4.79 Å². The topological polar surface area (TPSA) is 86.7 Å². The van der Waals surface area contributed by atoms with Crippen LogP contribution in [0.15, 0.2) is 36.4 Å². The van der Waals surface area contributed by atoms with E-state index >= 15 is 0 Å². The zero-order chi connectivity index (χ0) is 26.4. The molecule has 2 aliphatic heterocycles. The molecular weight excluding hydrogens is 474 g/mol. The molecule has 0 radical (unpaired) electrons. The average molecular weight is 512 g/mol. The van der Waals surface area contributed by atoms with Crippen LogP contribution in [0.3, 0.4) is 0 Å². The summed E-state index contributed by atoms with van der Waals surface area (Å²) in [6, 6.07) is 10.1. The van der Waals surface area contributed by atoms with E-state index in [9.17, 15) is 9.90 Å². The maximum absolute atomic E-state index is 11.7. The van der Waals surface area contributed by atoms with Crippen LogP contribution < -0.4 is 14.2 Å². The van der Waals surface area contributed by atoms with E-state index in [2.05, 4.69) is 4.90 Å². The Balaban J connectivity index is 1.89. The standard InChI is InChI=1S/C29H37NO7/c1-33-18-37-26-10-8-19(9-11-29(32)36-4)13-24(26)22-16-27(34-2)28(35-3)17-23(22)25-15-21(31)14-20-7-5-6-12-30(20)25/h8-11,13,16-17,20-21,25,31H,5-7,12,14-15,18H2,1-4H3/b11-9-/t20-,21+,25+/m1/s1. The minimum Gasteiger partial charge on any atom is -0.493 e. The van der Waals surface area contributed by atoms with Crippen molar-refractivity contribution < 1.29 is 33.6 Å². The molecule has 1 N–H and O–H groups in total. The van der Waals surface area contributed by atoms with Gasteiger partial charge in [0.05, 0.1) is 27.4 Å². The highest BCUT2D eigenvalue weighted by atomic mass is 16.7. The van der Waals surface area contributed by atoms with Gasteiger partial charge in [-0.1, -0.05) is 12.5 Å². The summed E-state index contributed by atoms with van der Waals surface area (Å²) in [7, 11) is 6.17. The lowest BCUT2D eigenvalue weighted by atomic mass is 9.82. The molecule has 8 nitrogen and oxygen atoms in total. The van der Waals surface area contributed by atoms with Gasteiger partial charge in [-0.3, -0.25) is 4.90 Å². The van der Waals surface area contributed by atoms with Crippen molar-refractivity contribution in [2.75, 3.05) is 41.8 Å². The van der Waals surface area contributed by atoms with Crippen LogP contribution >= 0.6 is 0 Å². The van der Waals surface area contributed by atoms with E-state index in [1.165, 1.54) is 19.6 Å². The van der Waals surface area contributed by atoms with E-state index in [0.29, 0.717) is 29.7 Å². The fourth-order valence-corrected chi connectivity index (χ4v) is 5.54. The van der Waals surface area contributed by atoms with Gasteiger partial charge in [-0.15, -0.1) is 0 Å². The fourth-order valence-electron chi connectivity index (χ4n) is 5.54. The number of methoxy groups -OCH3 is 4. The quantitative estimate of drug-likeness (QED) is 0.297. The number of carbonyl (C=O) groups excluding carboxylic acids is 1. The van der Waals surface area contributed by atoms with E-state index in [0.717, 1.165) is 48.1 Å². The summed E-state index contributed by atoms with van der Waals surface area (Å²) in [5, 5.41) is 10.9. The molecule has 3 atom stereocenters. The Kier molecular flexibility index (Phi) is 9.08. The Morgan fingerprint density at radius 3 is 2.51 bits per heavy atom. The first-order chi connectivity index (χ1) is 18.0. The number of benzene rings is 2. The second-order valence-corrected chi connectivity index (χ2v) is 9.49. The highest BCUT2D eigenvalue weighted by Gasteiger charge is 2.38. The number of hydrogen-bond donors (Lipinski definition) is 1. The predicted molar refractivity (Wildman–Crippen MR) is 141 cm³/mol. The molecular formula is C29H37NO7. The van der Waals surface area contributed by atoms with Crippen molar-refractivity contribution >= 4 is 12.0 Å². The maximum atomic E-state index is 11.7. The number of nitrogens with zero attached hydrogens (tertiary/aromatic N) is 1. The summed E-state index contributed by atoms with van der Waals surface area (Å²) >= 11 is 0. The van der Waals surface area contributed by atoms with Gasteiger partial charge in [0.15, 0.2) is 18.3 Å². The van der Waals surface area contributed by atoms with Crippen LogP contribution in [0.25, 0.3) is 17.2 Å². The van der Waals surface area contributed by atoms with E-state index in [4.69, 9.17) is 23.7 Å². The van der Waals surface area contributed by atoms with Gasteiger partial charge >= 0.3 is 5.97 Å². The minimum atomic E-state index is -0.430. The van der Waals surface area contributed by atoms with Gasteiger partial charge in [0.25, 0.3) is 0 Å². The van der Waals surface area contributed by atoms with Crippen molar-refractivity contribution in [3.8, 4) is 28.4 Å². The van der Waals surface area contributed by atoms with Crippen molar-refractivity contribution in [3.05, 3.63) is 47.5 Å². The van der Waals surface area contributed by atoms with Crippen molar-refractivity contribution in [3.63, 3.8) is 0 Å². The summed E-state index contributed by atoms with van der Waals surface area (Å²) in [6.45, 7) is 1.08. The SMILES string of the molecule is COCOc1ccc(/C=C\C(=O)OC)cc1-c1cc(OC)c(OC)cc1[C@@H]1C[C@@H](O)C[C@H]2CCCCN21. The molecule has 0 spiro atoms. The first kappa shape index (κ1) is 27.0. The molecule has 4 rings (SSSR count). The second kappa shape index (κ2) is 12.4. The van der Waals surface area contributed by atoms with Crippen LogP contribution in [0.1, 0.15) is 49.3 Å². The molecule has 0 aromatic heterocycles. The molecule has 2 aromatic rings. The van der Waals surface area contributed by atoms with Crippen LogP contribution in [-0.4, -0.2) is 69.9 Å². The third-order valence-electron chi connectivity index (χ3n) is 7.27. The molecule has 0 aliphatic carbocycles. The molecule has 2 aromatic carbocycles. The van der Waals surface area contributed by atoms with Crippen LogP contribution in [-0.2, 0) is 14.3 Å². The molecule has 2 saturated heterocycles. The Bertz CT molecular complexity index is 1120. The molecule has 0 bridgehead atoms. The smallest absolute Gasteiger partial charge is 0.330 e. The van der Waals surface area contributed by atoms with Crippen LogP contribution in [0.2, 0.25) is 0 Å². The number of carbonyl (C=O) groups is 1. The zero-order valence-corrected chi connectivity index (χ0v) is 22.1. The average Bonchev–Trinajstić information content (AvgIpc) is 2.93. The van der Waals surface area contributed by atoms with Crippen LogP contribution in [0.4, 0.5) is 0 Å². The van der Waals surface area contributed by atoms with Gasteiger partial charge in [0.1, 0.15) is 5.75 Å². The molecule has 8 heteroatoms. The number of aliphatic hydroxyl groups excluding tert-OH is 1. The molecule has 2 fully saturated rings. The molecule has 0 amide bonds. The number of ether oxygens (including phenoxy) is 5. The van der Waals surface area contributed by atoms with E-state index in [1.807, 2.05) is 30.3 Å². The third-order valence-corrected chi connectivity index (χ3v) is 7.27. The number of rotatable bonds is 9. The highest BCUT2D eigenvalue weighted by molar-refractivity contribution is 5.88. The summed E-state index contributed by atoms with van der Waals surface area (Å²) in [5.74, 6) is 1.44. The summed E-state index contributed by atoms with van der Waals surface area (Å²) < 4.78 is 27.3. The van der Waals surface area contributed by atoms with Crippen molar-refractivity contribution in [2.24, 2.45) is 0 Å². The Hall–Kier alpha value is -3.07. The maximum Gasteiger partial charge on any atom is 0.330 e. The number of fused-ring (bicyclic) bond motifs is 1. The van der Waals surface area contributed by atoms with Gasteiger partial charge < -0.3 is 28.8 Å². The molecule has 0 unspecified atom stereocenters. The molecule has 2 aliphatic rings. The van der Waals surface area contributed by atoms with Gasteiger partial charge in [0.2, 0.25) is 0 Å². The van der Waals surface area contributed by atoms with Crippen molar-refractivity contribution in [1.82, 2.24) is 4.90 Å². The number of esters is 1. The zero-order valence-electron chi connectivity index (χ0n) is 22.1. The number of hydrogen-bond acceptors (Lipinski definition) is 8. The van der Waals surface area contributed by atoms with E-state index < -0.39 is 5.97 Å². The molecule has 200 valence electrons. The molecule has 37 heavy (non-hydrogen) atoms. The lowest BCUT2D eigenvalue weighted by Gasteiger charge is -2.47. The summed E-state index contributed by atoms with van der Waals surface area (Å²) in [5.41, 5.74) is 3.60. The number of piperidine rings is 2. The van der Waals surface area contributed by atoms with Crippen LogP contribution in [0.5, 0.6) is 17.2 Å². The van der Waals surface area contributed by atoms with E-state index in [1.54, 1.807) is 27.4 Å². The fraction of sp³-hybridized carbons (Fsp3) is 0.483. The predicted octanol–water partition coefficient (Wildman–Crippen LogP) is 4.59. The van der Waals surface area contributed by atoms with Gasteiger partial charge in [-0.2, -0.15) is 0 Å². The third kappa shape index (κ3) is 6.09. The Morgan fingerprint density at radius 1 is 1.00 bits per heavy atom. The first-order valence-corrected chi connectivity index (χ1v) is 12.7. The minimum absolute atomic E-state index is 0.00778. The monoisotopic (exact) mass is 511 g/mol. The Morgan fingerprint density at radius 2 is 1.78 bits per heavy atom. The van der Waals surface area contributed by atoms with Gasteiger partial charge in [0, 0.05) is 30.8 Å². The largest absolute Gasteiger partial charge is 0.493 e. The van der Waals surface area contributed by atoms with Crippen LogP contribution in [0, 0.1) is 0 Å². The normalized spacial score (nSPS) is 21.9. The number of aliphatic hydroxyl groups is 1. The Labute approximate surface area is 218 Å². The second-order valence-electron chi connectivity index (χ2n) is 9.49. The lowest BCUT2D eigenvalue weighted by Crippen LogP contribution is -2.48.